The number of hydrogen-bond acceptors (Lipinski definition) is 5. The second kappa shape index (κ2) is 8.92. The first-order valence-corrected chi connectivity index (χ1v) is 13.4. The van der Waals surface area contributed by atoms with Crippen LogP contribution in [0.15, 0.2) is 42.7 Å². The van der Waals surface area contributed by atoms with Crippen LogP contribution in [0.5, 0.6) is 5.75 Å². The van der Waals surface area contributed by atoms with Gasteiger partial charge in [0.15, 0.2) is 0 Å². The lowest BCUT2D eigenvalue weighted by Crippen LogP contribution is -2.71. The van der Waals surface area contributed by atoms with Crippen molar-refractivity contribution in [1.82, 2.24) is 14.8 Å². The number of ether oxygens (including phenoxy) is 1. The zero-order valence-electron chi connectivity index (χ0n) is 20.6. The summed E-state index contributed by atoms with van der Waals surface area (Å²) >= 11 is 0. The topological polar surface area (TPSA) is 48.8 Å². The number of fused-ring (bicyclic) bond motifs is 1. The van der Waals surface area contributed by atoms with Gasteiger partial charge < -0.3 is 14.7 Å². The lowest BCUT2D eigenvalue weighted by atomic mass is 9.52. The third-order valence-electron chi connectivity index (χ3n) is 9.44. The maximum absolute atomic E-state index is 12.7. The van der Waals surface area contributed by atoms with Crippen molar-refractivity contribution in [2.75, 3.05) is 39.8 Å². The molecule has 1 aromatic heterocycles. The molecule has 0 unspecified atom stereocenters. The Morgan fingerprint density at radius 1 is 1.06 bits per heavy atom. The van der Waals surface area contributed by atoms with Gasteiger partial charge in [-0.05, 0) is 118 Å². The molecule has 2 bridgehead atoms. The summed E-state index contributed by atoms with van der Waals surface area (Å²) in [6, 6.07) is 11.1. The Hall–Kier alpha value is -1.95. The number of likely N-dealkylation sites (tertiary alicyclic amines) is 2. The normalized spacial score (nSPS) is 31.4. The Kier molecular flexibility index (Phi) is 5.91. The van der Waals surface area contributed by atoms with E-state index >= 15 is 0 Å². The van der Waals surface area contributed by atoms with Crippen LogP contribution in [0, 0.1) is 5.92 Å². The van der Waals surface area contributed by atoms with Gasteiger partial charge in [-0.15, -0.1) is 0 Å². The van der Waals surface area contributed by atoms with Crippen LogP contribution in [0.2, 0.25) is 0 Å². The summed E-state index contributed by atoms with van der Waals surface area (Å²) in [6.07, 6.45) is 12.7. The van der Waals surface area contributed by atoms with Crippen LogP contribution in [-0.4, -0.2) is 71.4 Å². The molecule has 0 amide bonds. The Labute approximate surface area is 204 Å². The smallest absolute Gasteiger partial charge is 0.119 e. The van der Waals surface area contributed by atoms with Gasteiger partial charge in [0.25, 0.3) is 0 Å². The molecule has 0 radical (unpaired) electrons. The lowest BCUT2D eigenvalue weighted by Gasteiger charge is -2.61. The summed E-state index contributed by atoms with van der Waals surface area (Å²) in [5, 5.41) is 12.7. The zero-order valence-corrected chi connectivity index (χ0v) is 20.6. The number of aryl methyl sites for hydroxylation is 1. The molecule has 1 N–H and O–H groups in total. The molecule has 1 aromatic carbocycles. The Morgan fingerprint density at radius 3 is 2.65 bits per heavy atom. The zero-order chi connectivity index (χ0) is 23.2. The second-order valence-electron chi connectivity index (χ2n) is 11.2. The fourth-order valence-corrected chi connectivity index (χ4v) is 7.31. The monoisotopic (exact) mass is 461 g/mol. The van der Waals surface area contributed by atoms with E-state index in [1.807, 2.05) is 12.4 Å². The summed E-state index contributed by atoms with van der Waals surface area (Å²) in [7, 11) is 1.76. The molecule has 3 fully saturated rings. The number of piperidine rings is 1. The van der Waals surface area contributed by atoms with E-state index in [9.17, 15) is 5.11 Å². The first kappa shape index (κ1) is 22.5. The fraction of sp³-hybridized carbons (Fsp3) is 0.621. The highest BCUT2D eigenvalue weighted by atomic mass is 16.5. The van der Waals surface area contributed by atoms with Crippen LogP contribution in [0.25, 0.3) is 0 Å². The third-order valence-corrected chi connectivity index (χ3v) is 9.44. The molecule has 2 aromatic rings. The summed E-state index contributed by atoms with van der Waals surface area (Å²) in [4.78, 5) is 9.43. The van der Waals surface area contributed by atoms with Crippen LogP contribution in [-0.2, 0) is 18.3 Å². The largest absolute Gasteiger partial charge is 0.497 e. The van der Waals surface area contributed by atoms with Gasteiger partial charge in [0.05, 0.1) is 12.7 Å². The number of aromatic nitrogens is 1. The van der Waals surface area contributed by atoms with Crippen molar-refractivity contribution in [1.29, 1.82) is 0 Å². The highest BCUT2D eigenvalue weighted by Gasteiger charge is 2.63. The summed E-state index contributed by atoms with van der Waals surface area (Å²) in [6.45, 7) is 5.43. The molecule has 182 valence electrons. The first-order valence-electron chi connectivity index (χ1n) is 13.4. The molecular weight excluding hydrogens is 422 g/mol. The number of nitrogens with zero attached hydrogens (tertiary/aromatic N) is 3. The van der Waals surface area contributed by atoms with Crippen LogP contribution >= 0.6 is 0 Å². The number of pyridine rings is 1. The lowest BCUT2D eigenvalue weighted by molar-refractivity contribution is -0.149. The molecule has 34 heavy (non-hydrogen) atoms. The highest BCUT2D eigenvalue weighted by molar-refractivity contribution is 5.48. The quantitative estimate of drug-likeness (QED) is 0.679. The van der Waals surface area contributed by atoms with Gasteiger partial charge >= 0.3 is 0 Å². The Bertz CT molecular complexity index is 1010. The first-order chi connectivity index (χ1) is 16.6. The van der Waals surface area contributed by atoms with Crippen molar-refractivity contribution in [3.8, 4) is 5.75 Å². The van der Waals surface area contributed by atoms with Gasteiger partial charge in [-0.1, -0.05) is 6.07 Å². The van der Waals surface area contributed by atoms with Crippen molar-refractivity contribution in [3.63, 3.8) is 0 Å². The van der Waals surface area contributed by atoms with Crippen LogP contribution in [0.4, 0.5) is 0 Å². The van der Waals surface area contributed by atoms with E-state index < -0.39 is 5.60 Å². The molecule has 2 saturated heterocycles. The predicted octanol–water partition coefficient (Wildman–Crippen LogP) is 3.83. The van der Waals surface area contributed by atoms with Gasteiger partial charge in [-0.25, -0.2) is 0 Å². The number of benzene rings is 1. The second-order valence-corrected chi connectivity index (χ2v) is 11.2. The van der Waals surface area contributed by atoms with E-state index in [0.717, 1.165) is 76.4 Å². The molecule has 1 saturated carbocycles. The standard InChI is InChI=1S/C29H39N3O2/c1-34-25-7-6-24-19-27-29(33)12-17-31(15-2-3-22-8-13-30-14-9-22)16-10-28(29,26(24)20-25)11-18-32(27)21-23-4-5-23/h6-9,13-14,20,23,27,33H,2-5,10-12,15-19,21H2,1H3/t27-,28+,29-/m1/s1. The maximum atomic E-state index is 12.7. The highest BCUT2D eigenvalue weighted by Crippen LogP contribution is 2.56. The van der Waals surface area contributed by atoms with Crippen molar-refractivity contribution >= 4 is 0 Å². The van der Waals surface area contributed by atoms with E-state index in [1.54, 1.807) is 7.11 Å². The van der Waals surface area contributed by atoms with E-state index in [2.05, 4.69) is 45.1 Å². The van der Waals surface area contributed by atoms with Crippen molar-refractivity contribution < 1.29 is 9.84 Å². The number of methoxy groups -OCH3 is 1. The van der Waals surface area contributed by atoms with Gasteiger partial charge in [-0.2, -0.15) is 0 Å². The predicted molar refractivity (Wildman–Crippen MR) is 134 cm³/mol. The molecule has 6 rings (SSSR count). The van der Waals surface area contributed by atoms with Gasteiger partial charge in [0, 0.05) is 36.9 Å². The summed E-state index contributed by atoms with van der Waals surface area (Å²) in [5.41, 5.74) is 3.33. The minimum atomic E-state index is -0.667. The van der Waals surface area contributed by atoms with E-state index in [1.165, 1.54) is 36.1 Å². The molecular formula is C29H39N3O2. The van der Waals surface area contributed by atoms with E-state index in [4.69, 9.17) is 4.74 Å². The molecule has 0 spiro atoms. The SMILES string of the molecule is COc1ccc2c(c1)[C@@]13CCN(CCCc4ccncc4)CC[C@@]1(O)[C@@H](C2)N(CC1CC1)CC3. The van der Waals surface area contributed by atoms with Gasteiger partial charge in [-0.3, -0.25) is 9.88 Å². The molecule has 3 heterocycles. The van der Waals surface area contributed by atoms with Gasteiger partial charge in [0.2, 0.25) is 0 Å². The average Bonchev–Trinajstić information content (AvgIpc) is 3.69. The van der Waals surface area contributed by atoms with Crippen LogP contribution < -0.4 is 4.74 Å². The average molecular weight is 462 g/mol. The summed E-state index contributed by atoms with van der Waals surface area (Å²) < 4.78 is 5.65. The minimum absolute atomic E-state index is 0.167. The van der Waals surface area contributed by atoms with Gasteiger partial charge in [0.1, 0.15) is 5.75 Å². The molecule has 5 heteroatoms. The molecule has 3 atom stereocenters. The van der Waals surface area contributed by atoms with Crippen molar-refractivity contribution in [2.24, 2.45) is 5.92 Å². The molecule has 2 aliphatic carbocycles. The fourth-order valence-electron chi connectivity index (χ4n) is 7.31. The van der Waals surface area contributed by atoms with E-state index in [0.29, 0.717) is 0 Å². The molecule has 2 aliphatic heterocycles. The van der Waals surface area contributed by atoms with Crippen LogP contribution in [0.3, 0.4) is 0 Å². The third kappa shape index (κ3) is 3.86. The Morgan fingerprint density at radius 2 is 1.85 bits per heavy atom. The molecule has 4 aliphatic rings. The van der Waals surface area contributed by atoms with Crippen molar-refractivity contribution in [3.05, 3.63) is 59.4 Å². The van der Waals surface area contributed by atoms with Crippen LogP contribution in [0.1, 0.15) is 55.2 Å². The maximum Gasteiger partial charge on any atom is 0.119 e. The molecule has 5 nitrogen and oxygen atoms in total. The minimum Gasteiger partial charge on any atom is -0.497 e. The van der Waals surface area contributed by atoms with E-state index in [-0.39, 0.29) is 11.5 Å². The number of rotatable bonds is 7. The Balaban J connectivity index is 1.27. The number of hydrogen-bond donors (Lipinski definition) is 1. The summed E-state index contributed by atoms with van der Waals surface area (Å²) in [5.74, 6) is 1.77. The number of aliphatic hydroxyl groups is 1. The van der Waals surface area contributed by atoms with Crippen molar-refractivity contribution in [2.45, 2.75) is 68.4 Å².